The van der Waals surface area contributed by atoms with E-state index in [1.165, 1.54) is 0 Å². The Balaban J connectivity index is 2.63. The van der Waals surface area contributed by atoms with Crippen molar-refractivity contribution in [2.75, 3.05) is 19.1 Å². The SMILES string of the molecule is Cc1ccc(OCCOC(C)C)c(C#CCCl)c1. The van der Waals surface area contributed by atoms with E-state index in [1.54, 1.807) is 0 Å². The molecule has 0 atom stereocenters. The van der Waals surface area contributed by atoms with Gasteiger partial charge in [0.25, 0.3) is 0 Å². The summed E-state index contributed by atoms with van der Waals surface area (Å²) in [5.41, 5.74) is 2.03. The summed E-state index contributed by atoms with van der Waals surface area (Å²) in [4.78, 5) is 0. The van der Waals surface area contributed by atoms with Gasteiger partial charge in [-0.3, -0.25) is 0 Å². The summed E-state index contributed by atoms with van der Waals surface area (Å²) in [6.07, 6.45) is 0.224. The molecule has 0 saturated carbocycles. The van der Waals surface area contributed by atoms with E-state index < -0.39 is 0 Å². The summed E-state index contributed by atoms with van der Waals surface area (Å²) >= 11 is 5.57. The number of ether oxygens (including phenoxy) is 2. The second kappa shape index (κ2) is 8.02. The zero-order valence-corrected chi connectivity index (χ0v) is 11.9. The highest BCUT2D eigenvalue weighted by molar-refractivity contribution is 6.19. The summed E-state index contributed by atoms with van der Waals surface area (Å²) in [7, 11) is 0. The Morgan fingerprint density at radius 3 is 2.72 bits per heavy atom. The summed E-state index contributed by atoms with van der Waals surface area (Å²) in [6.45, 7) is 7.13. The van der Waals surface area contributed by atoms with Crippen LogP contribution in [0.25, 0.3) is 0 Å². The van der Waals surface area contributed by atoms with E-state index >= 15 is 0 Å². The minimum Gasteiger partial charge on any atom is -0.490 e. The van der Waals surface area contributed by atoms with Crippen LogP contribution >= 0.6 is 11.6 Å². The van der Waals surface area contributed by atoms with Crippen LogP contribution in [0.3, 0.4) is 0 Å². The van der Waals surface area contributed by atoms with Crippen LogP contribution in [-0.4, -0.2) is 25.2 Å². The van der Waals surface area contributed by atoms with E-state index in [1.807, 2.05) is 39.0 Å². The molecule has 0 radical (unpaired) electrons. The lowest BCUT2D eigenvalue weighted by Gasteiger charge is -2.11. The lowest BCUT2D eigenvalue weighted by Crippen LogP contribution is -2.11. The smallest absolute Gasteiger partial charge is 0.135 e. The number of rotatable bonds is 5. The topological polar surface area (TPSA) is 18.5 Å². The van der Waals surface area contributed by atoms with Gasteiger partial charge in [-0.2, -0.15) is 0 Å². The maximum Gasteiger partial charge on any atom is 0.135 e. The standard InChI is InChI=1S/C15H19ClO2/c1-12(2)17-9-10-18-15-7-6-13(3)11-14(15)5-4-8-16/h6-7,11-12H,8-10H2,1-3H3. The molecule has 0 spiro atoms. The Morgan fingerprint density at radius 2 is 2.06 bits per heavy atom. The fraction of sp³-hybridized carbons (Fsp3) is 0.467. The van der Waals surface area contributed by atoms with E-state index in [-0.39, 0.29) is 6.10 Å². The molecule has 0 aliphatic heterocycles. The Labute approximate surface area is 114 Å². The molecular weight excluding hydrogens is 248 g/mol. The van der Waals surface area contributed by atoms with Gasteiger partial charge in [0.2, 0.25) is 0 Å². The first-order valence-electron chi connectivity index (χ1n) is 6.03. The van der Waals surface area contributed by atoms with Gasteiger partial charge >= 0.3 is 0 Å². The quantitative estimate of drug-likeness (QED) is 0.462. The largest absolute Gasteiger partial charge is 0.490 e. The molecule has 18 heavy (non-hydrogen) atoms. The minimum atomic E-state index is 0.224. The van der Waals surface area contributed by atoms with Gasteiger partial charge in [0, 0.05) is 0 Å². The molecule has 1 aromatic rings. The zero-order valence-electron chi connectivity index (χ0n) is 11.1. The molecule has 2 nitrogen and oxygen atoms in total. The summed E-state index contributed by atoms with van der Waals surface area (Å²) in [5, 5.41) is 0. The van der Waals surface area contributed by atoms with Gasteiger partial charge in [-0.1, -0.05) is 17.9 Å². The molecule has 0 saturated heterocycles. The highest BCUT2D eigenvalue weighted by Gasteiger charge is 2.02. The van der Waals surface area contributed by atoms with Gasteiger partial charge in [0.05, 0.1) is 24.2 Å². The highest BCUT2D eigenvalue weighted by Crippen LogP contribution is 2.19. The van der Waals surface area contributed by atoms with Crippen molar-refractivity contribution in [1.29, 1.82) is 0 Å². The number of benzene rings is 1. The number of hydrogen-bond acceptors (Lipinski definition) is 2. The number of aryl methyl sites for hydroxylation is 1. The third kappa shape index (κ3) is 5.44. The van der Waals surface area contributed by atoms with Crippen molar-refractivity contribution in [3.8, 4) is 17.6 Å². The third-order valence-electron chi connectivity index (χ3n) is 2.22. The molecule has 98 valence electrons. The fourth-order valence-electron chi connectivity index (χ4n) is 1.43. The molecule has 0 fully saturated rings. The predicted octanol–water partition coefficient (Wildman–Crippen LogP) is 3.39. The first kappa shape index (κ1) is 14.9. The van der Waals surface area contributed by atoms with Crippen LogP contribution < -0.4 is 4.74 Å². The first-order valence-corrected chi connectivity index (χ1v) is 6.57. The van der Waals surface area contributed by atoms with Gasteiger partial charge in [-0.05, 0) is 38.5 Å². The second-order valence-corrected chi connectivity index (χ2v) is 4.47. The van der Waals surface area contributed by atoms with E-state index in [0.29, 0.717) is 19.1 Å². The van der Waals surface area contributed by atoms with E-state index in [0.717, 1.165) is 16.9 Å². The predicted molar refractivity (Wildman–Crippen MR) is 75.4 cm³/mol. The second-order valence-electron chi connectivity index (χ2n) is 4.20. The highest BCUT2D eigenvalue weighted by atomic mass is 35.5. The van der Waals surface area contributed by atoms with Gasteiger partial charge in [-0.15, -0.1) is 11.6 Å². The van der Waals surface area contributed by atoms with Crippen LogP contribution in [0.15, 0.2) is 18.2 Å². The van der Waals surface area contributed by atoms with Crippen molar-refractivity contribution in [2.45, 2.75) is 26.9 Å². The first-order chi connectivity index (χ1) is 8.63. The Kier molecular flexibility index (Phi) is 6.64. The summed E-state index contributed by atoms with van der Waals surface area (Å²) in [5.74, 6) is 6.96. The van der Waals surface area contributed by atoms with Crippen LogP contribution in [0.5, 0.6) is 5.75 Å². The maximum atomic E-state index is 5.67. The molecular formula is C15H19ClO2. The molecule has 1 rings (SSSR count). The van der Waals surface area contributed by atoms with Crippen LogP contribution in [0.1, 0.15) is 25.0 Å². The Hall–Kier alpha value is -1.17. The normalized spacial score (nSPS) is 10.1. The molecule has 0 N–H and O–H groups in total. The summed E-state index contributed by atoms with van der Waals surface area (Å²) < 4.78 is 11.1. The zero-order chi connectivity index (χ0) is 13.4. The Bertz CT molecular complexity index is 430. The number of halogens is 1. The van der Waals surface area contributed by atoms with Crippen molar-refractivity contribution >= 4 is 11.6 Å². The van der Waals surface area contributed by atoms with Crippen molar-refractivity contribution < 1.29 is 9.47 Å². The number of alkyl halides is 1. The van der Waals surface area contributed by atoms with Crippen LogP contribution in [0.2, 0.25) is 0 Å². The van der Waals surface area contributed by atoms with Gasteiger partial charge < -0.3 is 9.47 Å². The molecule has 0 bridgehead atoms. The molecule has 0 aliphatic rings. The average Bonchev–Trinajstić information content (AvgIpc) is 2.33. The molecule has 3 heteroatoms. The molecule has 0 aromatic heterocycles. The molecule has 0 unspecified atom stereocenters. The molecule has 0 amide bonds. The molecule has 0 heterocycles. The van der Waals surface area contributed by atoms with Crippen molar-refractivity contribution in [3.05, 3.63) is 29.3 Å². The van der Waals surface area contributed by atoms with Crippen LogP contribution in [0, 0.1) is 18.8 Å². The lowest BCUT2D eigenvalue weighted by atomic mass is 10.1. The Morgan fingerprint density at radius 1 is 1.28 bits per heavy atom. The van der Waals surface area contributed by atoms with Gasteiger partial charge in [0.1, 0.15) is 12.4 Å². The van der Waals surface area contributed by atoms with E-state index in [4.69, 9.17) is 21.1 Å². The summed E-state index contributed by atoms with van der Waals surface area (Å²) in [6, 6.07) is 5.94. The maximum absolute atomic E-state index is 5.67. The average molecular weight is 267 g/mol. The monoisotopic (exact) mass is 266 g/mol. The minimum absolute atomic E-state index is 0.224. The number of hydrogen-bond donors (Lipinski definition) is 0. The van der Waals surface area contributed by atoms with Crippen molar-refractivity contribution in [2.24, 2.45) is 0 Å². The third-order valence-corrected chi connectivity index (χ3v) is 2.35. The van der Waals surface area contributed by atoms with E-state index in [9.17, 15) is 0 Å². The lowest BCUT2D eigenvalue weighted by molar-refractivity contribution is 0.0552. The van der Waals surface area contributed by atoms with Crippen molar-refractivity contribution in [1.82, 2.24) is 0 Å². The van der Waals surface area contributed by atoms with Gasteiger partial charge in [0.15, 0.2) is 0 Å². The molecule has 0 aliphatic carbocycles. The van der Waals surface area contributed by atoms with Crippen LogP contribution in [0.4, 0.5) is 0 Å². The van der Waals surface area contributed by atoms with Crippen LogP contribution in [-0.2, 0) is 4.74 Å². The molecule has 1 aromatic carbocycles. The van der Waals surface area contributed by atoms with Crippen molar-refractivity contribution in [3.63, 3.8) is 0 Å². The van der Waals surface area contributed by atoms with E-state index in [2.05, 4.69) is 11.8 Å². The fourth-order valence-corrected chi connectivity index (χ4v) is 1.50. The van der Waals surface area contributed by atoms with Gasteiger partial charge in [-0.25, -0.2) is 0 Å².